The third kappa shape index (κ3) is 3.44. The van der Waals surface area contributed by atoms with E-state index in [1.165, 1.54) is 29.3 Å². The average Bonchev–Trinajstić information content (AvgIpc) is 2.87. The van der Waals surface area contributed by atoms with Gasteiger partial charge in [-0.15, -0.1) is 0 Å². The fraction of sp³-hybridized carbons (Fsp3) is 0.550. The number of amides is 1. The van der Waals surface area contributed by atoms with Crippen LogP contribution in [0.3, 0.4) is 0 Å². The molecule has 3 atom stereocenters. The largest absolute Gasteiger partial charge is 0.353 e. The van der Waals surface area contributed by atoms with Crippen molar-refractivity contribution in [3.63, 3.8) is 0 Å². The fourth-order valence-electron chi connectivity index (χ4n) is 3.94. The van der Waals surface area contributed by atoms with Crippen molar-refractivity contribution in [3.05, 3.63) is 36.0 Å². The molecule has 0 saturated heterocycles. The maximum absolute atomic E-state index is 12.4. The Hall–Kier alpha value is -1.77. The van der Waals surface area contributed by atoms with Gasteiger partial charge >= 0.3 is 0 Å². The maximum Gasteiger partial charge on any atom is 0.220 e. The van der Waals surface area contributed by atoms with Gasteiger partial charge in [-0.3, -0.25) is 4.79 Å². The summed E-state index contributed by atoms with van der Waals surface area (Å²) in [5.74, 6) is 1.50. The standard InChI is InChI=1S/C20H28N2O/c1-14-7-6-9-18(15(14)2)21-20(23)12-11-16-13-22(3)19-10-5-4-8-17(16)19/h4-5,8,10,13-15,18H,6-7,9,11-12H2,1-3H3,(H,21,23)/t14-,15-,18-/m1/s1. The lowest BCUT2D eigenvalue weighted by molar-refractivity contribution is -0.122. The van der Waals surface area contributed by atoms with E-state index >= 15 is 0 Å². The molecule has 0 unspecified atom stereocenters. The fourth-order valence-corrected chi connectivity index (χ4v) is 3.94. The van der Waals surface area contributed by atoms with Crippen LogP contribution in [0.25, 0.3) is 10.9 Å². The number of carbonyl (C=O) groups is 1. The summed E-state index contributed by atoms with van der Waals surface area (Å²) >= 11 is 0. The second kappa shape index (κ2) is 6.77. The minimum Gasteiger partial charge on any atom is -0.353 e. The number of aromatic nitrogens is 1. The van der Waals surface area contributed by atoms with Crippen LogP contribution >= 0.6 is 0 Å². The predicted molar refractivity (Wildman–Crippen MR) is 95.3 cm³/mol. The van der Waals surface area contributed by atoms with Gasteiger partial charge in [-0.2, -0.15) is 0 Å². The molecule has 3 heteroatoms. The smallest absolute Gasteiger partial charge is 0.220 e. The van der Waals surface area contributed by atoms with E-state index < -0.39 is 0 Å². The zero-order valence-corrected chi connectivity index (χ0v) is 14.5. The van der Waals surface area contributed by atoms with E-state index in [9.17, 15) is 4.79 Å². The molecular formula is C20H28N2O. The van der Waals surface area contributed by atoms with Gasteiger partial charge in [0.05, 0.1) is 0 Å². The molecular weight excluding hydrogens is 284 g/mol. The summed E-state index contributed by atoms with van der Waals surface area (Å²) < 4.78 is 2.15. The van der Waals surface area contributed by atoms with Crippen LogP contribution in [-0.2, 0) is 18.3 Å². The summed E-state index contributed by atoms with van der Waals surface area (Å²) in [7, 11) is 2.07. The molecule has 1 aliphatic rings. The van der Waals surface area contributed by atoms with Gasteiger partial charge in [0.2, 0.25) is 5.91 Å². The highest BCUT2D eigenvalue weighted by Crippen LogP contribution is 2.29. The highest BCUT2D eigenvalue weighted by atomic mass is 16.1. The maximum atomic E-state index is 12.4. The number of nitrogens with zero attached hydrogens (tertiary/aromatic N) is 1. The van der Waals surface area contributed by atoms with E-state index in [4.69, 9.17) is 0 Å². The van der Waals surface area contributed by atoms with Crippen molar-refractivity contribution in [2.45, 2.75) is 52.0 Å². The van der Waals surface area contributed by atoms with Crippen LogP contribution in [-0.4, -0.2) is 16.5 Å². The van der Waals surface area contributed by atoms with Crippen molar-refractivity contribution in [1.82, 2.24) is 9.88 Å². The van der Waals surface area contributed by atoms with E-state index in [0.717, 1.165) is 12.8 Å². The van der Waals surface area contributed by atoms with Gasteiger partial charge in [0, 0.05) is 36.6 Å². The number of rotatable bonds is 4. The Kier molecular flexibility index (Phi) is 4.74. The number of fused-ring (bicyclic) bond motifs is 1. The molecule has 2 aromatic rings. The van der Waals surface area contributed by atoms with Crippen molar-refractivity contribution in [2.75, 3.05) is 0 Å². The molecule has 0 aliphatic heterocycles. The number of carbonyl (C=O) groups excluding carboxylic acids is 1. The number of aryl methyl sites for hydroxylation is 2. The molecule has 1 aromatic carbocycles. The molecule has 1 N–H and O–H groups in total. The topological polar surface area (TPSA) is 34.0 Å². The van der Waals surface area contributed by atoms with Crippen molar-refractivity contribution >= 4 is 16.8 Å². The van der Waals surface area contributed by atoms with Crippen LogP contribution in [0.4, 0.5) is 0 Å². The summed E-state index contributed by atoms with van der Waals surface area (Å²) in [5, 5.41) is 4.54. The zero-order chi connectivity index (χ0) is 16.4. The Morgan fingerprint density at radius 3 is 2.87 bits per heavy atom. The average molecular weight is 312 g/mol. The third-order valence-corrected chi connectivity index (χ3v) is 5.65. The van der Waals surface area contributed by atoms with E-state index in [1.807, 2.05) is 0 Å². The van der Waals surface area contributed by atoms with Crippen molar-refractivity contribution in [3.8, 4) is 0 Å². The molecule has 1 amide bonds. The van der Waals surface area contributed by atoms with Crippen LogP contribution < -0.4 is 5.32 Å². The minimum atomic E-state index is 0.198. The zero-order valence-electron chi connectivity index (χ0n) is 14.5. The SMILES string of the molecule is C[C@@H]1[C@H](C)CCC[C@H]1NC(=O)CCc1cn(C)c2ccccc12. The molecule has 1 aliphatic carbocycles. The molecule has 1 fully saturated rings. The van der Waals surface area contributed by atoms with Gasteiger partial charge < -0.3 is 9.88 Å². The van der Waals surface area contributed by atoms with Crippen molar-refractivity contribution in [2.24, 2.45) is 18.9 Å². The number of hydrogen-bond acceptors (Lipinski definition) is 1. The summed E-state index contributed by atoms with van der Waals surface area (Å²) in [6, 6.07) is 8.76. The van der Waals surface area contributed by atoms with E-state index in [1.54, 1.807) is 0 Å². The first-order chi connectivity index (χ1) is 11.1. The first-order valence-corrected chi connectivity index (χ1v) is 8.88. The first-order valence-electron chi connectivity index (χ1n) is 8.88. The number of nitrogens with one attached hydrogen (secondary N) is 1. The van der Waals surface area contributed by atoms with Gasteiger partial charge in [-0.25, -0.2) is 0 Å². The summed E-state index contributed by atoms with van der Waals surface area (Å²) in [6.07, 6.45) is 7.20. The van der Waals surface area contributed by atoms with Gasteiger partial charge in [0.1, 0.15) is 0 Å². The second-order valence-electron chi connectivity index (χ2n) is 7.22. The van der Waals surface area contributed by atoms with E-state index in [0.29, 0.717) is 24.3 Å². The van der Waals surface area contributed by atoms with Crippen molar-refractivity contribution < 1.29 is 4.79 Å². The summed E-state index contributed by atoms with van der Waals surface area (Å²) in [4.78, 5) is 12.4. The Labute approximate surface area is 139 Å². The second-order valence-corrected chi connectivity index (χ2v) is 7.22. The molecule has 0 bridgehead atoms. The number of benzene rings is 1. The number of para-hydroxylation sites is 1. The molecule has 3 nitrogen and oxygen atoms in total. The predicted octanol–water partition coefficient (Wildman–Crippen LogP) is 4.05. The first kappa shape index (κ1) is 16.1. The normalized spacial score (nSPS) is 24.7. The minimum absolute atomic E-state index is 0.198. The molecule has 0 spiro atoms. The molecule has 23 heavy (non-hydrogen) atoms. The lowest BCUT2D eigenvalue weighted by Gasteiger charge is -2.34. The highest BCUT2D eigenvalue weighted by Gasteiger charge is 2.27. The monoisotopic (exact) mass is 312 g/mol. The van der Waals surface area contributed by atoms with Gasteiger partial charge in [0.15, 0.2) is 0 Å². The Morgan fingerprint density at radius 2 is 2.04 bits per heavy atom. The summed E-state index contributed by atoms with van der Waals surface area (Å²) in [5.41, 5.74) is 2.50. The van der Waals surface area contributed by atoms with Crippen LogP contribution in [0.5, 0.6) is 0 Å². The van der Waals surface area contributed by atoms with Gasteiger partial charge in [-0.1, -0.05) is 44.9 Å². The highest BCUT2D eigenvalue weighted by molar-refractivity contribution is 5.85. The van der Waals surface area contributed by atoms with Crippen molar-refractivity contribution in [1.29, 1.82) is 0 Å². The molecule has 124 valence electrons. The Morgan fingerprint density at radius 1 is 1.26 bits per heavy atom. The van der Waals surface area contributed by atoms with Crippen LogP contribution in [0.2, 0.25) is 0 Å². The Balaban J connectivity index is 1.60. The van der Waals surface area contributed by atoms with E-state index in [2.05, 4.69) is 61.2 Å². The molecule has 1 saturated carbocycles. The van der Waals surface area contributed by atoms with Gasteiger partial charge in [0.25, 0.3) is 0 Å². The third-order valence-electron chi connectivity index (χ3n) is 5.65. The van der Waals surface area contributed by atoms with Crippen LogP contribution in [0.15, 0.2) is 30.5 Å². The lowest BCUT2D eigenvalue weighted by atomic mass is 9.78. The Bertz CT molecular complexity index is 688. The molecule has 3 rings (SSSR count). The lowest BCUT2D eigenvalue weighted by Crippen LogP contribution is -2.43. The van der Waals surface area contributed by atoms with E-state index in [-0.39, 0.29) is 5.91 Å². The van der Waals surface area contributed by atoms with Gasteiger partial charge in [-0.05, 0) is 36.3 Å². The van der Waals surface area contributed by atoms with Crippen LogP contribution in [0.1, 0.15) is 45.1 Å². The molecule has 0 radical (unpaired) electrons. The summed E-state index contributed by atoms with van der Waals surface area (Å²) in [6.45, 7) is 4.58. The molecule has 1 heterocycles. The quantitative estimate of drug-likeness (QED) is 0.908. The van der Waals surface area contributed by atoms with Crippen LogP contribution in [0, 0.1) is 11.8 Å². The molecule has 1 aromatic heterocycles. The number of hydrogen-bond donors (Lipinski definition) is 1.